The Morgan fingerprint density at radius 2 is 1.66 bits per heavy atom. The molecule has 2 bridgehead atoms. The standard InChI is InChI=1S/C28H24FN5O/c29-22-9-7-21(8-10-22)27-26(20-14-16-31-17-15-20)24-12-13-25-32-28(24)34(27)35-33(25)18-23(30)11-6-19-4-2-1-3-5-19/h1-5,7-10,12-17,23H,6,11,18,30H2. The Morgan fingerprint density at radius 1 is 0.886 bits per heavy atom. The van der Waals surface area contributed by atoms with Gasteiger partial charge < -0.3 is 5.73 Å². The number of hydroxylamine groups is 1. The zero-order valence-electron chi connectivity index (χ0n) is 19.0. The lowest BCUT2D eigenvalue weighted by Gasteiger charge is -2.29. The highest BCUT2D eigenvalue weighted by atomic mass is 19.1. The number of hydrogen-bond donors (Lipinski definition) is 1. The summed E-state index contributed by atoms with van der Waals surface area (Å²) >= 11 is 0. The van der Waals surface area contributed by atoms with E-state index in [4.69, 9.17) is 15.7 Å². The lowest BCUT2D eigenvalue weighted by Crippen LogP contribution is -2.45. The molecule has 0 radical (unpaired) electrons. The number of aromatic nitrogens is 3. The molecule has 1 aliphatic heterocycles. The number of anilines is 1. The minimum atomic E-state index is -0.290. The molecule has 5 aromatic rings. The largest absolute Gasteiger partial charge is 0.326 e. The molecule has 0 saturated carbocycles. The molecule has 0 aliphatic carbocycles. The average Bonchev–Trinajstić information content (AvgIpc) is 3.25. The number of nitrogens with two attached hydrogens (primary N) is 1. The van der Waals surface area contributed by atoms with Gasteiger partial charge in [0, 0.05) is 34.9 Å². The van der Waals surface area contributed by atoms with Crippen LogP contribution in [0, 0.1) is 5.82 Å². The highest BCUT2D eigenvalue weighted by Gasteiger charge is 2.29. The summed E-state index contributed by atoms with van der Waals surface area (Å²) in [6.45, 7) is 0.483. The van der Waals surface area contributed by atoms with Gasteiger partial charge in [-0.25, -0.2) is 9.37 Å². The Kier molecular flexibility index (Phi) is 5.39. The second-order valence-corrected chi connectivity index (χ2v) is 8.73. The summed E-state index contributed by atoms with van der Waals surface area (Å²) in [5.41, 5.74) is 12.1. The summed E-state index contributed by atoms with van der Waals surface area (Å²) in [5.74, 6) is 0.422. The molecule has 7 heteroatoms. The summed E-state index contributed by atoms with van der Waals surface area (Å²) in [4.78, 5) is 15.4. The van der Waals surface area contributed by atoms with Gasteiger partial charge in [-0.1, -0.05) is 30.3 Å². The van der Waals surface area contributed by atoms with Crippen molar-refractivity contribution < 1.29 is 9.33 Å². The third-order valence-electron chi connectivity index (χ3n) is 6.33. The SMILES string of the molecule is NC(CCc1ccccc1)CN1On2c(-c3ccc(F)cc3)c(-c3ccncc3)c3ccc1nc32. The molecule has 3 aromatic heterocycles. The number of rotatable bonds is 7. The van der Waals surface area contributed by atoms with E-state index in [-0.39, 0.29) is 11.9 Å². The quantitative estimate of drug-likeness (QED) is 0.365. The Balaban J connectivity index is 1.37. The summed E-state index contributed by atoms with van der Waals surface area (Å²) < 4.78 is 15.5. The van der Waals surface area contributed by atoms with Crippen LogP contribution in [0.5, 0.6) is 0 Å². The van der Waals surface area contributed by atoms with E-state index in [0.29, 0.717) is 18.0 Å². The van der Waals surface area contributed by atoms with Crippen LogP contribution < -0.4 is 15.7 Å². The van der Waals surface area contributed by atoms with Crippen molar-refractivity contribution in [2.45, 2.75) is 18.9 Å². The first kappa shape index (κ1) is 21.3. The molecule has 0 spiro atoms. The van der Waals surface area contributed by atoms with E-state index in [1.165, 1.54) is 17.7 Å². The van der Waals surface area contributed by atoms with Crippen molar-refractivity contribution in [2.24, 2.45) is 5.73 Å². The fourth-order valence-corrected chi connectivity index (χ4v) is 4.59. The Labute approximate surface area is 202 Å². The lowest BCUT2D eigenvalue weighted by molar-refractivity contribution is 0.0861. The second kappa shape index (κ2) is 8.85. The van der Waals surface area contributed by atoms with E-state index in [0.717, 1.165) is 40.6 Å². The summed E-state index contributed by atoms with van der Waals surface area (Å²) in [6.07, 6.45) is 5.22. The molecule has 1 atom stereocenters. The van der Waals surface area contributed by atoms with Crippen molar-refractivity contribution in [3.63, 3.8) is 0 Å². The number of halogens is 1. The molecule has 6 nitrogen and oxygen atoms in total. The predicted octanol–water partition coefficient (Wildman–Crippen LogP) is 5.03. The van der Waals surface area contributed by atoms with Crippen LogP contribution in [0.4, 0.5) is 10.2 Å². The molecule has 0 saturated heterocycles. The maximum Gasteiger partial charge on any atom is 0.182 e. The first-order chi connectivity index (χ1) is 17.2. The lowest BCUT2D eigenvalue weighted by atomic mass is 10.00. The van der Waals surface area contributed by atoms with Crippen LogP contribution in [-0.4, -0.2) is 27.3 Å². The molecular weight excluding hydrogens is 441 g/mol. The second-order valence-electron chi connectivity index (χ2n) is 8.73. The van der Waals surface area contributed by atoms with Crippen molar-refractivity contribution in [3.05, 3.63) is 103 Å². The molecule has 0 fully saturated rings. The molecule has 35 heavy (non-hydrogen) atoms. The van der Waals surface area contributed by atoms with Crippen molar-refractivity contribution in [2.75, 3.05) is 11.6 Å². The molecule has 2 N–H and O–H groups in total. The summed E-state index contributed by atoms with van der Waals surface area (Å²) in [7, 11) is 0. The molecule has 6 rings (SSSR count). The van der Waals surface area contributed by atoms with Gasteiger partial charge in [-0.2, -0.15) is 5.06 Å². The monoisotopic (exact) mass is 465 g/mol. The fourth-order valence-electron chi connectivity index (χ4n) is 4.59. The summed E-state index contributed by atoms with van der Waals surface area (Å²) in [5, 5.41) is 2.69. The van der Waals surface area contributed by atoms with E-state index in [1.54, 1.807) is 34.3 Å². The third kappa shape index (κ3) is 4.00. The van der Waals surface area contributed by atoms with Gasteiger partial charge in [0.25, 0.3) is 0 Å². The number of benzene rings is 2. The van der Waals surface area contributed by atoms with Gasteiger partial charge in [0.1, 0.15) is 11.5 Å². The smallest absolute Gasteiger partial charge is 0.182 e. The van der Waals surface area contributed by atoms with Crippen LogP contribution in [0.15, 0.2) is 91.3 Å². The number of nitrogens with zero attached hydrogens (tertiary/aromatic N) is 4. The number of pyridine rings is 2. The maximum absolute atomic E-state index is 13.7. The highest BCUT2D eigenvalue weighted by molar-refractivity contribution is 6.03. The van der Waals surface area contributed by atoms with Gasteiger partial charge in [-0.15, -0.1) is 4.73 Å². The Morgan fingerprint density at radius 3 is 2.43 bits per heavy atom. The van der Waals surface area contributed by atoms with Gasteiger partial charge in [-0.05, 0) is 72.5 Å². The number of fused-ring (bicyclic) bond motifs is 1. The zero-order valence-corrected chi connectivity index (χ0v) is 19.0. The van der Waals surface area contributed by atoms with Crippen molar-refractivity contribution in [1.82, 2.24) is 14.7 Å². The van der Waals surface area contributed by atoms with Gasteiger partial charge >= 0.3 is 0 Å². The molecule has 1 unspecified atom stereocenters. The van der Waals surface area contributed by atoms with Crippen LogP contribution in [0.2, 0.25) is 0 Å². The van der Waals surface area contributed by atoms with Gasteiger partial charge in [0.05, 0.1) is 6.54 Å². The normalized spacial score (nSPS) is 13.3. The molecule has 2 aromatic carbocycles. The molecule has 4 heterocycles. The summed E-state index contributed by atoms with van der Waals surface area (Å²) in [6, 6.07) is 24.5. The van der Waals surface area contributed by atoms with E-state index in [2.05, 4.69) is 23.2 Å². The Bertz CT molecular complexity index is 1470. The molecule has 174 valence electrons. The maximum atomic E-state index is 13.7. The predicted molar refractivity (Wildman–Crippen MR) is 135 cm³/mol. The number of hydrogen-bond acceptors (Lipinski definition) is 5. The van der Waals surface area contributed by atoms with Crippen LogP contribution in [0.3, 0.4) is 0 Å². The minimum absolute atomic E-state index is 0.112. The fraction of sp³-hybridized carbons (Fsp3) is 0.143. The van der Waals surface area contributed by atoms with Crippen LogP contribution in [0.25, 0.3) is 33.4 Å². The first-order valence-corrected chi connectivity index (χ1v) is 11.6. The van der Waals surface area contributed by atoms with Crippen LogP contribution in [0.1, 0.15) is 12.0 Å². The van der Waals surface area contributed by atoms with Gasteiger partial charge in [0.2, 0.25) is 0 Å². The molecular formula is C28H24FN5O. The van der Waals surface area contributed by atoms with E-state index < -0.39 is 0 Å². The topological polar surface area (TPSA) is 69.2 Å². The van der Waals surface area contributed by atoms with E-state index in [1.807, 2.05) is 36.4 Å². The van der Waals surface area contributed by atoms with Crippen molar-refractivity contribution >= 4 is 16.9 Å². The van der Waals surface area contributed by atoms with Crippen LogP contribution in [-0.2, 0) is 6.42 Å². The van der Waals surface area contributed by atoms with Gasteiger partial charge in [-0.3, -0.25) is 9.92 Å². The van der Waals surface area contributed by atoms with Gasteiger partial charge in [0.15, 0.2) is 11.5 Å². The Hall–Kier alpha value is -4.23. The molecule has 0 amide bonds. The zero-order chi connectivity index (χ0) is 23.8. The third-order valence-corrected chi connectivity index (χ3v) is 6.33. The average molecular weight is 466 g/mol. The van der Waals surface area contributed by atoms with Crippen LogP contribution >= 0.6 is 0 Å². The highest BCUT2D eigenvalue weighted by Crippen LogP contribution is 2.41. The van der Waals surface area contributed by atoms with E-state index in [9.17, 15) is 4.39 Å². The minimum Gasteiger partial charge on any atom is -0.326 e. The first-order valence-electron chi connectivity index (χ1n) is 11.6. The van der Waals surface area contributed by atoms with Crippen molar-refractivity contribution in [3.8, 4) is 22.4 Å². The van der Waals surface area contributed by atoms with Crippen molar-refractivity contribution in [1.29, 1.82) is 0 Å². The number of aryl methyl sites for hydroxylation is 1. The van der Waals surface area contributed by atoms with E-state index >= 15 is 0 Å². The molecule has 1 aliphatic rings.